The van der Waals surface area contributed by atoms with E-state index in [0.29, 0.717) is 18.0 Å². The second-order valence-electron chi connectivity index (χ2n) is 4.78. The van der Waals surface area contributed by atoms with Crippen LogP contribution in [0.4, 0.5) is 5.69 Å². The number of aromatic nitrogens is 2. The van der Waals surface area contributed by atoms with E-state index in [-0.39, 0.29) is 29.5 Å². The maximum absolute atomic E-state index is 12.1. The van der Waals surface area contributed by atoms with E-state index in [9.17, 15) is 14.9 Å². The van der Waals surface area contributed by atoms with Crippen molar-refractivity contribution in [3.63, 3.8) is 0 Å². The number of fused-ring (bicyclic) bond motifs is 1. The number of nitro groups is 1. The van der Waals surface area contributed by atoms with Crippen LogP contribution in [0.1, 0.15) is 23.0 Å². The van der Waals surface area contributed by atoms with Crippen molar-refractivity contribution >= 4 is 17.5 Å². The Hall–Kier alpha value is -3.16. The second kappa shape index (κ2) is 5.91. The van der Waals surface area contributed by atoms with Crippen molar-refractivity contribution in [2.75, 3.05) is 6.79 Å². The molecule has 0 fully saturated rings. The predicted octanol–water partition coefficient (Wildman–Crippen LogP) is 2.44. The Kier molecular flexibility index (Phi) is 3.80. The van der Waals surface area contributed by atoms with Crippen LogP contribution in [-0.2, 0) is 6.54 Å². The van der Waals surface area contributed by atoms with Crippen molar-refractivity contribution in [2.24, 2.45) is 0 Å². The number of ether oxygens (including phenoxy) is 2. The molecule has 0 N–H and O–H groups in total. The van der Waals surface area contributed by atoms with Gasteiger partial charge in [-0.3, -0.25) is 19.6 Å². The number of carbonyl (C=O) groups is 1. The van der Waals surface area contributed by atoms with Crippen molar-refractivity contribution < 1.29 is 19.2 Å². The number of allylic oxidation sites excluding steroid dienone is 1. The number of carbonyl (C=O) groups excluding carboxylic acids is 1. The summed E-state index contributed by atoms with van der Waals surface area (Å²) in [6, 6.07) is 4.37. The minimum Gasteiger partial charge on any atom is -0.454 e. The Morgan fingerprint density at radius 3 is 2.83 bits per heavy atom. The number of hydrogen-bond donors (Lipinski definition) is 0. The zero-order valence-corrected chi connectivity index (χ0v) is 12.3. The summed E-state index contributed by atoms with van der Waals surface area (Å²) in [5.74, 6) is 0.406. The van der Waals surface area contributed by atoms with Gasteiger partial charge in [0.1, 0.15) is 5.69 Å². The molecule has 1 aromatic heterocycles. The average Bonchev–Trinajstić information content (AvgIpc) is 3.19. The smallest absolute Gasteiger partial charge is 0.280 e. The van der Waals surface area contributed by atoms with Crippen molar-refractivity contribution in [3.8, 4) is 11.5 Å². The molecule has 118 valence electrons. The number of nitrogens with zero attached hydrogens (tertiary/aromatic N) is 3. The van der Waals surface area contributed by atoms with Gasteiger partial charge in [0.2, 0.25) is 12.6 Å². The fourth-order valence-electron chi connectivity index (χ4n) is 2.16. The summed E-state index contributed by atoms with van der Waals surface area (Å²) in [5, 5.41) is 15.2. The Bertz CT molecular complexity index is 809. The van der Waals surface area contributed by atoms with E-state index in [1.807, 2.05) is 6.92 Å². The van der Waals surface area contributed by atoms with Crippen LogP contribution >= 0.6 is 0 Å². The molecule has 0 aliphatic carbocycles. The van der Waals surface area contributed by atoms with E-state index in [4.69, 9.17) is 9.47 Å². The summed E-state index contributed by atoms with van der Waals surface area (Å²) < 4.78 is 12.0. The van der Waals surface area contributed by atoms with Crippen LogP contribution in [-0.4, -0.2) is 27.3 Å². The van der Waals surface area contributed by atoms with Gasteiger partial charge in [0.25, 0.3) is 5.69 Å². The molecule has 23 heavy (non-hydrogen) atoms. The summed E-state index contributed by atoms with van der Waals surface area (Å²) in [7, 11) is 0. The molecule has 0 bridgehead atoms. The first-order chi connectivity index (χ1) is 11.1. The Balaban J connectivity index is 1.89. The highest BCUT2D eigenvalue weighted by molar-refractivity contribution is 6.05. The van der Waals surface area contributed by atoms with Gasteiger partial charge in [-0.25, -0.2) is 0 Å². The number of rotatable bonds is 5. The van der Waals surface area contributed by atoms with Gasteiger partial charge < -0.3 is 9.47 Å². The van der Waals surface area contributed by atoms with Crippen LogP contribution in [0.15, 0.2) is 30.5 Å². The third kappa shape index (κ3) is 2.91. The third-order valence-electron chi connectivity index (χ3n) is 3.35. The second-order valence-corrected chi connectivity index (χ2v) is 4.78. The lowest BCUT2D eigenvalue weighted by Crippen LogP contribution is -2.00. The lowest BCUT2D eigenvalue weighted by atomic mass is 10.1. The minimum absolute atomic E-state index is 0.0209. The molecule has 0 saturated carbocycles. The van der Waals surface area contributed by atoms with Crippen molar-refractivity contribution in [1.29, 1.82) is 0 Å². The molecule has 0 atom stereocenters. The molecule has 1 aromatic carbocycles. The largest absolute Gasteiger partial charge is 0.454 e. The summed E-state index contributed by atoms with van der Waals surface area (Å²) >= 11 is 0. The highest BCUT2D eigenvalue weighted by atomic mass is 16.7. The molecule has 0 amide bonds. The predicted molar refractivity (Wildman–Crippen MR) is 80.5 cm³/mol. The van der Waals surface area contributed by atoms with Crippen LogP contribution in [0.25, 0.3) is 6.08 Å². The highest BCUT2D eigenvalue weighted by Crippen LogP contribution is 2.38. The SMILES string of the molecule is CCn1ccc(C(=O)/C=C/c2cc3c(cc2[N+](=O)[O-])OCO3)n1. The lowest BCUT2D eigenvalue weighted by molar-refractivity contribution is -0.385. The zero-order valence-electron chi connectivity index (χ0n) is 12.3. The molecule has 8 heteroatoms. The zero-order chi connectivity index (χ0) is 16.4. The van der Waals surface area contributed by atoms with Gasteiger partial charge in [-0.1, -0.05) is 0 Å². The van der Waals surface area contributed by atoms with Crippen LogP contribution in [0.2, 0.25) is 0 Å². The summed E-state index contributed by atoms with van der Waals surface area (Å²) in [6.45, 7) is 2.59. The van der Waals surface area contributed by atoms with E-state index in [1.165, 1.54) is 24.3 Å². The third-order valence-corrected chi connectivity index (χ3v) is 3.35. The van der Waals surface area contributed by atoms with Crippen LogP contribution in [0.5, 0.6) is 11.5 Å². The van der Waals surface area contributed by atoms with Gasteiger partial charge in [-0.05, 0) is 31.2 Å². The Morgan fingerprint density at radius 1 is 1.43 bits per heavy atom. The first-order valence-electron chi connectivity index (χ1n) is 6.92. The molecule has 2 aromatic rings. The Morgan fingerprint density at radius 2 is 2.17 bits per heavy atom. The van der Waals surface area contributed by atoms with Crippen molar-refractivity contribution in [2.45, 2.75) is 13.5 Å². The number of nitro benzene ring substituents is 1. The quantitative estimate of drug-likeness (QED) is 0.364. The van der Waals surface area contributed by atoms with Gasteiger partial charge in [-0.15, -0.1) is 0 Å². The summed E-state index contributed by atoms with van der Waals surface area (Å²) in [6.07, 6.45) is 4.34. The van der Waals surface area contributed by atoms with E-state index in [0.717, 1.165) is 0 Å². The molecule has 1 aliphatic rings. The van der Waals surface area contributed by atoms with E-state index < -0.39 is 4.92 Å². The van der Waals surface area contributed by atoms with E-state index >= 15 is 0 Å². The first-order valence-corrected chi connectivity index (χ1v) is 6.92. The molecule has 0 radical (unpaired) electrons. The molecule has 1 aliphatic heterocycles. The maximum atomic E-state index is 12.1. The molecule has 0 saturated heterocycles. The fourth-order valence-corrected chi connectivity index (χ4v) is 2.16. The van der Waals surface area contributed by atoms with E-state index in [2.05, 4.69) is 5.10 Å². The van der Waals surface area contributed by atoms with Crippen LogP contribution in [0, 0.1) is 10.1 Å². The monoisotopic (exact) mass is 315 g/mol. The van der Waals surface area contributed by atoms with Gasteiger partial charge in [-0.2, -0.15) is 5.10 Å². The van der Waals surface area contributed by atoms with Gasteiger partial charge in [0.05, 0.1) is 16.6 Å². The molecule has 0 unspecified atom stereocenters. The summed E-state index contributed by atoms with van der Waals surface area (Å²) in [5.41, 5.74) is 0.395. The van der Waals surface area contributed by atoms with Gasteiger partial charge in [0, 0.05) is 12.7 Å². The Labute approximate surface area is 131 Å². The van der Waals surface area contributed by atoms with E-state index in [1.54, 1.807) is 16.9 Å². The molecular formula is C15H13N3O5. The van der Waals surface area contributed by atoms with Crippen molar-refractivity contribution in [1.82, 2.24) is 9.78 Å². The average molecular weight is 315 g/mol. The number of ketones is 1. The lowest BCUT2D eigenvalue weighted by Gasteiger charge is -2.00. The van der Waals surface area contributed by atoms with Crippen LogP contribution < -0.4 is 9.47 Å². The topological polar surface area (TPSA) is 96.5 Å². The fraction of sp³-hybridized carbons (Fsp3) is 0.200. The summed E-state index contributed by atoms with van der Waals surface area (Å²) in [4.78, 5) is 22.7. The standard InChI is InChI=1S/C15H13N3O5/c1-2-17-6-5-11(16-17)13(19)4-3-10-7-14-15(23-9-22-14)8-12(10)18(20)21/h3-8H,2,9H2,1H3/b4-3+. The normalized spacial score (nSPS) is 12.7. The van der Waals surface area contributed by atoms with Gasteiger partial charge >= 0.3 is 0 Å². The number of hydrogen-bond acceptors (Lipinski definition) is 6. The molecule has 8 nitrogen and oxygen atoms in total. The number of benzene rings is 1. The van der Waals surface area contributed by atoms with Crippen molar-refractivity contribution in [3.05, 3.63) is 51.8 Å². The first kappa shape index (κ1) is 14.8. The van der Waals surface area contributed by atoms with Crippen LogP contribution in [0.3, 0.4) is 0 Å². The molecule has 2 heterocycles. The maximum Gasteiger partial charge on any atom is 0.280 e. The molecule has 0 spiro atoms. The highest BCUT2D eigenvalue weighted by Gasteiger charge is 2.22. The minimum atomic E-state index is -0.530. The van der Waals surface area contributed by atoms with Gasteiger partial charge in [0.15, 0.2) is 11.5 Å². The molecular weight excluding hydrogens is 302 g/mol. The molecule has 3 rings (SSSR count). The number of aryl methyl sites for hydroxylation is 1.